The normalized spacial score (nSPS) is 13.9. The molecule has 1 unspecified atom stereocenters. The first kappa shape index (κ1) is 33.8. The molecule has 0 fully saturated rings. The van der Waals surface area contributed by atoms with Gasteiger partial charge in [-0.05, 0) is 18.8 Å². The first-order chi connectivity index (χ1) is 17.8. The Bertz CT molecular complexity index is 963. The van der Waals surface area contributed by atoms with Crippen molar-refractivity contribution < 1.29 is 50.1 Å². The number of hydrogen-bond donors (Lipinski definition) is 2. The van der Waals surface area contributed by atoms with Gasteiger partial charge in [-0.15, -0.1) is 0 Å². The zero-order chi connectivity index (χ0) is 29.0. The van der Waals surface area contributed by atoms with Gasteiger partial charge >= 0.3 is 19.6 Å². The predicted octanol–water partition coefficient (Wildman–Crippen LogP) is 5.79. The van der Waals surface area contributed by atoms with Crippen LogP contribution < -0.4 is 14.7 Å². The number of carbonyl (C=O) groups excluding carboxylic acids is 2. The molecule has 1 aromatic rings. The highest BCUT2D eigenvalue weighted by atomic mass is 31.2. The summed E-state index contributed by atoms with van der Waals surface area (Å²) in [6.07, 6.45) is 2.63. The highest BCUT2D eigenvalue weighted by Crippen LogP contribution is 2.43. The smallest absolute Gasteiger partial charge is 0.391 e. The minimum atomic E-state index is -4.77. The predicted molar refractivity (Wildman–Crippen MR) is 130 cm³/mol. The fourth-order valence-corrected chi connectivity index (χ4v) is 4.81. The first-order valence-corrected chi connectivity index (χ1v) is 14.1. The molecule has 2 N–H and O–H groups in total. The van der Waals surface area contributed by atoms with E-state index in [2.05, 4.69) is 10.2 Å². The molecule has 0 heterocycles. The lowest BCUT2D eigenvalue weighted by molar-refractivity contribution is -0.147. The SMILES string of the molecule is CCC(CC)COC(=O)CCNP(=O)(N[C@@H](C)C(=O)OCC(CC)CC)Oc1c(F)c(F)c(F)c(F)c1F. The first-order valence-electron chi connectivity index (χ1n) is 12.5. The molecule has 0 radical (unpaired) electrons. The van der Waals surface area contributed by atoms with Crippen LogP contribution >= 0.6 is 7.67 Å². The second kappa shape index (κ2) is 16.0. The molecule has 0 aliphatic carbocycles. The summed E-state index contributed by atoms with van der Waals surface area (Å²) >= 11 is 0. The topological polar surface area (TPSA) is 103 Å². The Morgan fingerprint density at radius 1 is 0.789 bits per heavy atom. The van der Waals surface area contributed by atoms with Gasteiger partial charge in [0, 0.05) is 6.54 Å². The van der Waals surface area contributed by atoms with Crippen molar-refractivity contribution in [1.82, 2.24) is 10.2 Å². The molecule has 0 saturated carbocycles. The molecule has 2 atom stereocenters. The number of esters is 2. The molecule has 0 spiro atoms. The number of rotatable bonds is 17. The molecular formula is C24H36F5N2O6P. The van der Waals surface area contributed by atoms with Crippen LogP contribution in [0.1, 0.15) is 66.7 Å². The third kappa shape index (κ3) is 9.81. The fraction of sp³-hybridized carbons (Fsp3) is 0.667. The van der Waals surface area contributed by atoms with Gasteiger partial charge in [0.2, 0.25) is 34.8 Å². The van der Waals surface area contributed by atoms with Crippen LogP contribution in [0, 0.1) is 40.9 Å². The highest BCUT2D eigenvalue weighted by molar-refractivity contribution is 7.55. The van der Waals surface area contributed by atoms with Gasteiger partial charge in [0.25, 0.3) is 0 Å². The summed E-state index contributed by atoms with van der Waals surface area (Å²) in [6.45, 7) is 8.62. The Morgan fingerprint density at radius 3 is 1.71 bits per heavy atom. The van der Waals surface area contributed by atoms with Crippen LogP contribution in [0.25, 0.3) is 0 Å². The summed E-state index contributed by atoms with van der Waals surface area (Å²) in [6, 6.07) is -1.40. The lowest BCUT2D eigenvalue weighted by atomic mass is 10.1. The number of nitrogens with one attached hydrogen (secondary N) is 2. The Labute approximate surface area is 219 Å². The van der Waals surface area contributed by atoms with Gasteiger partial charge in [-0.1, -0.05) is 53.4 Å². The zero-order valence-corrected chi connectivity index (χ0v) is 23.1. The molecule has 1 aromatic carbocycles. The maximum absolute atomic E-state index is 14.2. The van der Waals surface area contributed by atoms with E-state index in [1.165, 1.54) is 6.92 Å². The highest BCUT2D eigenvalue weighted by Gasteiger charge is 2.36. The van der Waals surface area contributed by atoms with Crippen LogP contribution in [0.3, 0.4) is 0 Å². The van der Waals surface area contributed by atoms with Gasteiger partial charge in [-0.3, -0.25) is 9.59 Å². The van der Waals surface area contributed by atoms with Crippen molar-refractivity contribution >= 4 is 19.6 Å². The van der Waals surface area contributed by atoms with Crippen molar-refractivity contribution in [2.45, 2.75) is 72.8 Å². The van der Waals surface area contributed by atoms with Crippen molar-refractivity contribution in [1.29, 1.82) is 0 Å². The number of benzene rings is 1. The van der Waals surface area contributed by atoms with Gasteiger partial charge in [0.1, 0.15) is 6.04 Å². The van der Waals surface area contributed by atoms with Crippen LogP contribution in [0.2, 0.25) is 0 Å². The summed E-state index contributed by atoms with van der Waals surface area (Å²) < 4.78 is 97.7. The Balaban J connectivity index is 3.08. The van der Waals surface area contributed by atoms with E-state index in [1.54, 1.807) is 0 Å². The van der Waals surface area contributed by atoms with E-state index < -0.39 is 67.0 Å². The zero-order valence-electron chi connectivity index (χ0n) is 22.2. The molecular weight excluding hydrogens is 538 g/mol. The monoisotopic (exact) mass is 574 g/mol. The summed E-state index contributed by atoms with van der Waals surface area (Å²) in [5, 5.41) is 4.39. The van der Waals surface area contributed by atoms with Crippen molar-refractivity contribution in [3.8, 4) is 5.75 Å². The largest absolute Gasteiger partial charge is 0.465 e. The summed E-state index contributed by atoms with van der Waals surface area (Å²) in [4.78, 5) is 24.4. The van der Waals surface area contributed by atoms with Crippen molar-refractivity contribution in [3.63, 3.8) is 0 Å². The van der Waals surface area contributed by atoms with Gasteiger partial charge in [0.15, 0.2) is 0 Å². The van der Waals surface area contributed by atoms with E-state index >= 15 is 0 Å². The van der Waals surface area contributed by atoms with Crippen molar-refractivity contribution in [2.75, 3.05) is 19.8 Å². The van der Waals surface area contributed by atoms with E-state index in [9.17, 15) is 36.1 Å². The van der Waals surface area contributed by atoms with E-state index in [1.807, 2.05) is 27.7 Å². The van der Waals surface area contributed by atoms with E-state index in [0.29, 0.717) is 0 Å². The third-order valence-corrected chi connectivity index (χ3v) is 7.81. The molecule has 218 valence electrons. The van der Waals surface area contributed by atoms with Gasteiger partial charge in [0.05, 0.1) is 19.6 Å². The Kier molecular flexibility index (Phi) is 14.2. The quantitative estimate of drug-likeness (QED) is 0.0793. The number of hydrogen-bond acceptors (Lipinski definition) is 6. The van der Waals surface area contributed by atoms with E-state index in [0.717, 1.165) is 25.7 Å². The standard InChI is InChI=1S/C24H36F5N2O6P/c1-6-15(7-2)12-35-17(32)10-11-30-38(34,31-14(5)24(33)36-13-16(8-3)9-4)37-23-21(28)19(26)18(25)20(27)22(23)29/h14-16H,6-13H2,1-5H3,(H2,30,31,34)/t14-,38?/m0/s1. The second-order valence-electron chi connectivity index (χ2n) is 8.73. The number of ether oxygens (including phenoxy) is 2. The lowest BCUT2D eigenvalue weighted by Crippen LogP contribution is -2.39. The van der Waals surface area contributed by atoms with Crippen LogP contribution in [0.5, 0.6) is 5.75 Å². The van der Waals surface area contributed by atoms with E-state index in [-0.39, 0.29) is 31.5 Å². The lowest BCUT2D eigenvalue weighted by Gasteiger charge is -2.25. The molecule has 0 aliphatic rings. The molecule has 0 bridgehead atoms. The summed E-state index contributed by atoms with van der Waals surface area (Å²) in [5.74, 6) is -15.0. The Morgan fingerprint density at radius 2 is 1.24 bits per heavy atom. The minimum Gasteiger partial charge on any atom is -0.465 e. The average Bonchev–Trinajstić information content (AvgIpc) is 2.89. The number of carbonyl (C=O) groups is 2. The molecule has 0 aliphatic heterocycles. The van der Waals surface area contributed by atoms with Crippen molar-refractivity contribution in [3.05, 3.63) is 29.1 Å². The fourth-order valence-electron chi connectivity index (χ4n) is 3.17. The molecule has 0 amide bonds. The molecule has 0 aromatic heterocycles. The second-order valence-corrected chi connectivity index (χ2v) is 10.6. The van der Waals surface area contributed by atoms with Crippen LogP contribution in [0.15, 0.2) is 0 Å². The molecule has 0 saturated heterocycles. The summed E-state index contributed by atoms with van der Waals surface area (Å²) in [5.41, 5.74) is 0. The van der Waals surface area contributed by atoms with Crippen LogP contribution in [0.4, 0.5) is 22.0 Å². The van der Waals surface area contributed by atoms with Gasteiger partial charge in [-0.25, -0.2) is 27.9 Å². The number of halogens is 5. The van der Waals surface area contributed by atoms with Gasteiger partial charge in [-0.2, -0.15) is 8.78 Å². The molecule has 14 heteroatoms. The van der Waals surface area contributed by atoms with Crippen LogP contribution in [-0.2, 0) is 23.6 Å². The van der Waals surface area contributed by atoms with Crippen LogP contribution in [-0.4, -0.2) is 37.7 Å². The maximum atomic E-state index is 14.2. The third-order valence-electron chi connectivity index (χ3n) is 6.01. The maximum Gasteiger partial charge on any atom is 0.391 e. The minimum absolute atomic E-state index is 0.0520. The molecule has 1 rings (SSSR count). The average molecular weight is 575 g/mol. The van der Waals surface area contributed by atoms with E-state index in [4.69, 9.17) is 14.0 Å². The molecule has 38 heavy (non-hydrogen) atoms. The summed E-state index contributed by atoms with van der Waals surface area (Å²) in [7, 11) is -4.77. The Hall–Kier alpha value is -2.24. The van der Waals surface area contributed by atoms with Gasteiger partial charge < -0.3 is 14.0 Å². The molecule has 8 nitrogen and oxygen atoms in total. The van der Waals surface area contributed by atoms with Crippen molar-refractivity contribution in [2.24, 2.45) is 11.8 Å².